The number of H-pyrrole nitrogens is 1. The van der Waals surface area contributed by atoms with Crippen LogP contribution in [0.5, 0.6) is 0 Å². The first-order valence-corrected chi connectivity index (χ1v) is 10.7. The van der Waals surface area contributed by atoms with Crippen molar-refractivity contribution < 1.29 is 19.3 Å². The lowest BCUT2D eigenvalue weighted by Gasteiger charge is -2.37. The van der Waals surface area contributed by atoms with Gasteiger partial charge in [0.15, 0.2) is 0 Å². The molecule has 4 rings (SSSR count). The Morgan fingerprint density at radius 2 is 1.97 bits per heavy atom. The van der Waals surface area contributed by atoms with Crippen molar-refractivity contribution in [2.24, 2.45) is 5.92 Å². The normalized spacial score (nSPS) is 16.5. The first kappa shape index (κ1) is 22.0. The number of amides is 1. The Bertz CT molecular complexity index is 1110. The highest BCUT2D eigenvalue weighted by Crippen LogP contribution is 2.31. The fraction of sp³-hybridized carbons (Fsp3) is 0.455. The van der Waals surface area contributed by atoms with Crippen LogP contribution in [-0.2, 0) is 16.1 Å². The van der Waals surface area contributed by atoms with Crippen molar-refractivity contribution in [2.75, 3.05) is 31.5 Å². The van der Waals surface area contributed by atoms with Crippen molar-refractivity contribution in [1.29, 1.82) is 0 Å². The number of aliphatic carboxylic acids is 1. The monoisotopic (exact) mass is 440 g/mol. The second kappa shape index (κ2) is 9.09. The van der Waals surface area contributed by atoms with Crippen LogP contribution in [0.25, 0.3) is 10.9 Å². The van der Waals surface area contributed by atoms with Crippen LogP contribution in [0.4, 0.5) is 5.69 Å². The maximum absolute atomic E-state index is 12.3. The van der Waals surface area contributed by atoms with Crippen LogP contribution in [-0.4, -0.2) is 68.3 Å². The molecule has 3 N–H and O–H groups in total. The number of carboxylic acids is 1. The number of aryl methyl sites for hydroxylation is 1. The van der Waals surface area contributed by atoms with E-state index in [4.69, 9.17) is 4.63 Å². The lowest BCUT2D eigenvalue weighted by molar-refractivity contribution is -0.144. The zero-order chi connectivity index (χ0) is 22.8. The molecule has 10 heteroatoms. The lowest BCUT2D eigenvalue weighted by Crippen LogP contribution is -2.48. The van der Waals surface area contributed by atoms with E-state index in [9.17, 15) is 14.7 Å². The van der Waals surface area contributed by atoms with E-state index in [0.717, 1.165) is 40.9 Å². The van der Waals surface area contributed by atoms with E-state index in [2.05, 4.69) is 25.5 Å². The fourth-order valence-electron chi connectivity index (χ4n) is 4.01. The molecule has 1 aliphatic rings. The van der Waals surface area contributed by atoms with Gasteiger partial charge in [-0.3, -0.25) is 19.4 Å². The van der Waals surface area contributed by atoms with Gasteiger partial charge >= 0.3 is 5.97 Å². The van der Waals surface area contributed by atoms with Crippen LogP contribution in [0.15, 0.2) is 29.0 Å². The van der Waals surface area contributed by atoms with Gasteiger partial charge in [-0.2, -0.15) is 0 Å². The number of aromatic nitrogens is 3. The summed E-state index contributed by atoms with van der Waals surface area (Å²) in [6.45, 7) is 8.86. The Balaban J connectivity index is 1.49. The summed E-state index contributed by atoms with van der Waals surface area (Å²) in [5.74, 6) is -1.06. The number of nitrogens with one attached hydrogen (secondary N) is 2. The molecule has 0 radical (unpaired) electrons. The standard InChI is InChI=1S/C22H28N6O4/c1-13(2)21(29)24-15-4-5-16-17(11-23-18(16)10-15)20(22(30)31)28-8-6-27(7-9-28)12-19-14(3)25-32-26-19/h4-5,10-11,13,20,23H,6-9,12H2,1-3H3,(H,24,29)(H,30,31). The molecule has 32 heavy (non-hydrogen) atoms. The molecule has 0 aliphatic carbocycles. The molecule has 10 nitrogen and oxygen atoms in total. The van der Waals surface area contributed by atoms with Gasteiger partial charge in [0.2, 0.25) is 5.91 Å². The zero-order valence-electron chi connectivity index (χ0n) is 18.5. The van der Waals surface area contributed by atoms with Gasteiger partial charge < -0.3 is 15.4 Å². The predicted octanol–water partition coefficient (Wildman–Crippen LogP) is 2.40. The molecule has 3 aromatic rings. The van der Waals surface area contributed by atoms with Crippen LogP contribution in [0.2, 0.25) is 0 Å². The maximum Gasteiger partial charge on any atom is 0.325 e. The highest BCUT2D eigenvalue weighted by Gasteiger charge is 2.32. The number of piperazine rings is 1. The highest BCUT2D eigenvalue weighted by atomic mass is 16.6. The van der Waals surface area contributed by atoms with Gasteiger partial charge in [-0.25, -0.2) is 4.63 Å². The Morgan fingerprint density at radius 3 is 2.59 bits per heavy atom. The SMILES string of the molecule is Cc1nonc1CN1CCN(C(C(=O)O)c2c[nH]c3cc(NC(=O)C(C)C)ccc23)CC1. The number of anilines is 1. The summed E-state index contributed by atoms with van der Waals surface area (Å²) >= 11 is 0. The van der Waals surface area contributed by atoms with E-state index in [1.54, 1.807) is 6.20 Å². The molecule has 1 aromatic carbocycles. The van der Waals surface area contributed by atoms with Crippen molar-refractivity contribution in [1.82, 2.24) is 25.1 Å². The number of hydrogen-bond acceptors (Lipinski definition) is 7. The summed E-state index contributed by atoms with van der Waals surface area (Å²) in [5, 5.41) is 21.5. The molecule has 0 spiro atoms. The quantitative estimate of drug-likeness (QED) is 0.511. The Kier molecular flexibility index (Phi) is 6.24. The maximum atomic E-state index is 12.3. The van der Waals surface area contributed by atoms with Gasteiger partial charge in [0.05, 0.1) is 0 Å². The summed E-state index contributed by atoms with van der Waals surface area (Å²) in [6, 6.07) is 4.76. The second-order valence-corrected chi connectivity index (χ2v) is 8.50. The number of nitrogens with zero attached hydrogens (tertiary/aromatic N) is 4. The van der Waals surface area contributed by atoms with E-state index in [1.807, 2.05) is 43.9 Å². The number of benzene rings is 1. The third-order valence-corrected chi connectivity index (χ3v) is 5.93. The van der Waals surface area contributed by atoms with E-state index in [1.165, 1.54) is 0 Å². The molecule has 1 saturated heterocycles. The third kappa shape index (κ3) is 4.51. The average molecular weight is 441 g/mol. The van der Waals surface area contributed by atoms with E-state index < -0.39 is 12.0 Å². The minimum atomic E-state index is -0.881. The first-order valence-electron chi connectivity index (χ1n) is 10.7. The van der Waals surface area contributed by atoms with Crippen molar-refractivity contribution in [3.05, 3.63) is 41.3 Å². The van der Waals surface area contributed by atoms with Gasteiger partial charge in [-0.1, -0.05) is 30.2 Å². The van der Waals surface area contributed by atoms with Crippen LogP contribution >= 0.6 is 0 Å². The molecule has 170 valence electrons. The Labute approximate surface area is 185 Å². The summed E-state index contributed by atoms with van der Waals surface area (Å²) in [6.07, 6.45) is 1.76. The average Bonchev–Trinajstić information content (AvgIpc) is 3.35. The third-order valence-electron chi connectivity index (χ3n) is 5.93. The molecule has 1 fully saturated rings. The Hall–Kier alpha value is -3.24. The molecule has 0 bridgehead atoms. The smallest absolute Gasteiger partial charge is 0.325 e. The summed E-state index contributed by atoms with van der Waals surface area (Å²) in [7, 11) is 0. The number of rotatable bonds is 7. The molecular weight excluding hydrogens is 412 g/mol. The topological polar surface area (TPSA) is 128 Å². The number of carbonyl (C=O) groups is 2. The first-order chi connectivity index (χ1) is 15.3. The Morgan fingerprint density at radius 1 is 1.22 bits per heavy atom. The van der Waals surface area contributed by atoms with E-state index in [-0.39, 0.29) is 11.8 Å². The van der Waals surface area contributed by atoms with Crippen molar-refractivity contribution >= 4 is 28.5 Å². The molecule has 1 unspecified atom stereocenters. The lowest BCUT2D eigenvalue weighted by atomic mass is 10.0. The molecule has 3 heterocycles. The molecule has 0 saturated carbocycles. The van der Waals surface area contributed by atoms with Crippen molar-refractivity contribution in [3.63, 3.8) is 0 Å². The summed E-state index contributed by atoms with van der Waals surface area (Å²) < 4.78 is 4.77. The van der Waals surface area contributed by atoms with E-state index >= 15 is 0 Å². The number of carbonyl (C=O) groups excluding carboxylic acids is 1. The second-order valence-electron chi connectivity index (χ2n) is 8.50. The number of carboxylic acid groups (broad SMARTS) is 1. The number of hydrogen-bond donors (Lipinski definition) is 3. The van der Waals surface area contributed by atoms with Crippen LogP contribution in [0.3, 0.4) is 0 Å². The van der Waals surface area contributed by atoms with Crippen LogP contribution in [0, 0.1) is 12.8 Å². The van der Waals surface area contributed by atoms with Crippen molar-refractivity contribution in [2.45, 2.75) is 33.4 Å². The zero-order valence-corrected chi connectivity index (χ0v) is 18.5. The minimum absolute atomic E-state index is 0.0611. The molecule has 2 aromatic heterocycles. The van der Waals surface area contributed by atoms with Gasteiger partial charge in [0.25, 0.3) is 0 Å². The molecule has 1 amide bonds. The predicted molar refractivity (Wildman–Crippen MR) is 118 cm³/mol. The minimum Gasteiger partial charge on any atom is -0.480 e. The number of aromatic amines is 1. The van der Waals surface area contributed by atoms with Gasteiger partial charge in [-0.15, -0.1) is 0 Å². The van der Waals surface area contributed by atoms with E-state index in [0.29, 0.717) is 25.3 Å². The molecule has 1 atom stereocenters. The summed E-state index contributed by atoms with van der Waals surface area (Å²) in [4.78, 5) is 31.6. The molecular formula is C22H28N6O4. The van der Waals surface area contributed by atoms with Crippen LogP contribution in [0.1, 0.15) is 36.8 Å². The summed E-state index contributed by atoms with van der Waals surface area (Å²) in [5.41, 5.74) is 3.78. The highest BCUT2D eigenvalue weighted by molar-refractivity contribution is 5.96. The van der Waals surface area contributed by atoms with Crippen LogP contribution < -0.4 is 5.32 Å². The largest absolute Gasteiger partial charge is 0.480 e. The van der Waals surface area contributed by atoms with Gasteiger partial charge in [0.1, 0.15) is 17.4 Å². The molecule has 1 aliphatic heterocycles. The fourth-order valence-corrected chi connectivity index (χ4v) is 4.01. The van der Waals surface area contributed by atoms with Crippen molar-refractivity contribution in [3.8, 4) is 0 Å². The number of fused-ring (bicyclic) bond motifs is 1. The van der Waals surface area contributed by atoms with Gasteiger partial charge in [-0.05, 0) is 19.1 Å². The van der Waals surface area contributed by atoms with Gasteiger partial charge in [0, 0.05) is 67.0 Å².